The van der Waals surface area contributed by atoms with E-state index in [-0.39, 0.29) is 18.0 Å². The number of hydrogen-bond donors (Lipinski definition) is 1. The minimum atomic E-state index is -0.0786. The third-order valence-electron chi connectivity index (χ3n) is 4.61. The second-order valence-corrected chi connectivity index (χ2v) is 6.38. The van der Waals surface area contributed by atoms with E-state index in [0.29, 0.717) is 13.1 Å². The Balaban J connectivity index is 1.78. The maximum absolute atomic E-state index is 12.7. The summed E-state index contributed by atoms with van der Waals surface area (Å²) in [6, 6.07) is 15.6. The van der Waals surface area contributed by atoms with Crippen LogP contribution in [0.3, 0.4) is 0 Å². The maximum Gasteiger partial charge on any atom is 0.329 e. The molecule has 0 fully saturated rings. The van der Waals surface area contributed by atoms with Crippen LogP contribution in [0.5, 0.6) is 0 Å². The lowest BCUT2D eigenvalue weighted by Gasteiger charge is -2.10. The normalized spacial score (nSPS) is 11.0. The summed E-state index contributed by atoms with van der Waals surface area (Å²) in [7, 11) is 0. The maximum atomic E-state index is 12.7. The van der Waals surface area contributed by atoms with Crippen molar-refractivity contribution in [2.45, 2.75) is 46.2 Å². The van der Waals surface area contributed by atoms with Gasteiger partial charge in [0.1, 0.15) is 0 Å². The average Bonchev–Trinajstić information content (AvgIpc) is 2.92. The van der Waals surface area contributed by atoms with E-state index >= 15 is 0 Å². The van der Waals surface area contributed by atoms with Crippen molar-refractivity contribution in [3.05, 3.63) is 64.6 Å². The van der Waals surface area contributed by atoms with Gasteiger partial charge >= 0.3 is 5.69 Å². The van der Waals surface area contributed by atoms with Crippen LogP contribution in [0.25, 0.3) is 11.0 Å². The molecule has 0 saturated heterocycles. The summed E-state index contributed by atoms with van der Waals surface area (Å²) in [6.45, 7) is 5.17. The molecule has 1 amide bonds. The number of nitrogens with zero attached hydrogens (tertiary/aromatic N) is 2. The molecular weight excluding hydrogens is 326 g/mol. The molecule has 5 nitrogen and oxygen atoms in total. The summed E-state index contributed by atoms with van der Waals surface area (Å²) in [6.07, 6.45) is 2.01. The molecule has 0 unspecified atom stereocenters. The van der Waals surface area contributed by atoms with Crippen LogP contribution in [0.1, 0.15) is 32.3 Å². The molecule has 0 saturated carbocycles. The SMILES string of the molecule is CCCn1c(=O)n(CCC(=O)Nc2ccccc2CC)c2ccccc21. The van der Waals surface area contributed by atoms with Crippen LogP contribution < -0.4 is 11.0 Å². The number of anilines is 1. The van der Waals surface area contributed by atoms with Gasteiger partial charge in [-0.1, -0.05) is 44.2 Å². The molecule has 0 aliphatic rings. The van der Waals surface area contributed by atoms with E-state index in [2.05, 4.69) is 19.2 Å². The molecule has 0 spiro atoms. The van der Waals surface area contributed by atoms with Gasteiger partial charge in [0, 0.05) is 25.2 Å². The molecule has 5 heteroatoms. The number of nitrogens with one attached hydrogen (secondary N) is 1. The zero-order valence-electron chi connectivity index (χ0n) is 15.4. The summed E-state index contributed by atoms with van der Waals surface area (Å²) < 4.78 is 3.50. The van der Waals surface area contributed by atoms with E-state index in [0.717, 1.165) is 35.1 Å². The Morgan fingerprint density at radius 3 is 2.19 bits per heavy atom. The molecule has 136 valence electrons. The van der Waals surface area contributed by atoms with Gasteiger partial charge in [-0.25, -0.2) is 4.79 Å². The molecule has 1 aromatic heterocycles. The molecule has 1 N–H and O–H groups in total. The predicted molar refractivity (Wildman–Crippen MR) is 106 cm³/mol. The van der Waals surface area contributed by atoms with Gasteiger partial charge in [-0.2, -0.15) is 0 Å². The number of fused-ring (bicyclic) bond motifs is 1. The van der Waals surface area contributed by atoms with E-state index in [1.54, 1.807) is 9.13 Å². The van der Waals surface area contributed by atoms with Gasteiger partial charge in [0.15, 0.2) is 0 Å². The van der Waals surface area contributed by atoms with Crippen LogP contribution >= 0.6 is 0 Å². The second-order valence-electron chi connectivity index (χ2n) is 6.38. The number of aryl methyl sites for hydroxylation is 3. The molecule has 0 bridgehead atoms. The van der Waals surface area contributed by atoms with Crippen LogP contribution in [-0.4, -0.2) is 15.0 Å². The summed E-state index contributed by atoms with van der Waals surface area (Å²) in [4.78, 5) is 25.1. The highest BCUT2D eigenvalue weighted by Crippen LogP contribution is 2.17. The number of aromatic nitrogens is 2. The van der Waals surface area contributed by atoms with E-state index < -0.39 is 0 Å². The zero-order valence-corrected chi connectivity index (χ0v) is 15.4. The molecule has 3 aromatic rings. The molecule has 2 aromatic carbocycles. The lowest BCUT2D eigenvalue weighted by Crippen LogP contribution is -2.26. The molecule has 3 rings (SSSR count). The number of carbonyl (C=O) groups is 1. The topological polar surface area (TPSA) is 56.0 Å². The van der Waals surface area contributed by atoms with Crippen molar-refractivity contribution in [2.24, 2.45) is 0 Å². The first-order chi connectivity index (χ1) is 12.7. The Morgan fingerprint density at radius 2 is 1.54 bits per heavy atom. The van der Waals surface area contributed by atoms with E-state index in [1.165, 1.54) is 0 Å². The number of para-hydroxylation sites is 3. The molecule has 1 heterocycles. The van der Waals surface area contributed by atoms with Crippen molar-refractivity contribution in [1.29, 1.82) is 0 Å². The average molecular weight is 351 g/mol. The van der Waals surface area contributed by atoms with Crippen molar-refractivity contribution in [2.75, 3.05) is 5.32 Å². The first-order valence-corrected chi connectivity index (χ1v) is 9.21. The molecule has 0 atom stereocenters. The lowest BCUT2D eigenvalue weighted by molar-refractivity contribution is -0.116. The third-order valence-corrected chi connectivity index (χ3v) is 4.61. The Morgan fingerprint density at radius 1 is 0.923 bits per heavy atom. The van der Waals surface area contributed by atoms with Gasteiger partial charge in [0.2, 0.25) is 5.91 Å². The highest BCUT2D eigenvalue weighted by atomic mass is 16.2. The lowest BCUT2D eigenvalue weighted by atomic mass is 10.1. The quantitative estimate of drug-likeness (QED) is 0.704. The van der Waals surface area contributed by atoms with Crippen LogP contribution in [0.4, 0.5) is 5.69 Å². The van der Waals surface area contributed by atoms with Crippen molar-refractivity contribution >= 4 is 22.6 Å². The fourth-order valence-corrected chi connectivity index (χ4v) is 3.30. The molecular formula is C21H25N3O2. The van der Waals surface area contributed by atoms with Gasteiger partial charge in [0.05, 0.1) is 11.0 Å². The monoisotopic (exact) mass is 351 g/mol. The highest BCUT2D eigenvalue weighted by Gasteiger charge is 2.13. The van der Waals surface area contributed by atoms with Crippen molar-refractivity contribution in [3.8, 4) is 0 Å². The highest BCUT2D eigenvalue weighted by molar-refractivity contribution is 5.91. The minimum absolute atomic E-state index is 0.0465. The summed E-state index contributed by atoms with van der Waals surface area (Å²) in [5.74, 6) is -0.0786. The Bertz CT molecular complexity index is 969. The standard InChI is InChI=1S/C21H25N3O2/c1-3-14-23-18-11-7-8-12-19(18)24(21(23)26)15-13-20(25)22-17-10-6-5-9-16(17)4-2/h5-12H,3-4,13-15H2,1-2H3,(H,22,25). The molecule has 0 radical (unpaired) electrons. The first kappa shape index (κ1) is 18.0. The van der Waals surface area contributed by atoms with Crippen molar-refractivity contribution in [1.82, 2.24) is 9.13 Å². The van der Waals surface area contributed by atoms with Crippen molar-refractivity contribution in [3.63, 3.8) is 0 Å². The summed E-state index contributed by atoms with van der Waals surface area (Å²) >= 11 is 0. The van der Waals surface area contributed by atoms with Gasteiger partial charge in [-0.05, 0) is 36.6 Å². The minimum Gasteiger partial charge on any atom is -0.326 e. The Labute approximate surface area is 153 Å². The predicted octanol–water partition coefficient (Wildman–Crippen LogP) is 3.80. The number of benzene rings is 2. The number of hydrogen-bond acceptors (Lipinski definition) is 2. The fraction of sp³-hybridized carbons (Fsp3) is 0.333. The van der Waals surface area contributed by atoms with E-state index in [9.17, 15) is 9.59 Å². The van der Waals surface area contributed by atoms with Gasteiger partial charge in [-0.15, -0.1) is 0 Å². The third kappa shape index (κ3) is 3.57. The largest absolute Gasteiger partial charge is 0.329 e. The molecule has 0 aliphatic carbocycles. The van der Waals surface area contributed by atoms with Crippen molar-refractivity contribution < 1.29 is 4.79 Å². The Kier molecular flexibility index (Phi) is 5.56. The van der Waals surface area contributed by atoms with Gasteiger partial charge in [0.25, 0.3) is 0 Å². The van der Waals surface area contributed by atoms with E-state index in [4.69, 9.17) is 0 Å². The van der Waals surface area contributed by atoms with Crippen LogP contribution in [0.2, 0.25) is 0 Å². The number of carbonyl (C=O) groups excluding carboxylic acids is 1. The molecule has 26 heavy (non-hydrogen) atoms. The van der Waals surface area contributed by atoms with Crippen LogP contribution in [-0.2, 0) is 24.3 Å². The van der Waals surface area contributed by atoms with Gasteiger partial charge in [-0.3, -0.25) is 13.9 Å². The smallest absolute Gasteiger partial charge is 0.326 e. The first-order valence-electron chi connectivity index (χ1n) is 9.21. The van der Waals surface area contributed by atoms with Gasteiger partial charge < -0.3 is 5.32 Å². The number of imidazole rings is 1. The van der Waals surface area contributed by atoms with Crippen LogP contribution in [0.15, 0.2) is 53.3 Å². The number of rotatable bonds is 7. The number of amides is 1. The van der Waals surface area contributed by atoms with E-state index in [1.807, 2.05) is 48.5 Å². The fourth-order valence-electron chi connectivity index (χ4n) is 3.30. The zero-order chi connectivity index (χ0) is 18.5. The van der Waals surface area contributed by atoms with Crippen LogP contribution in [0, 0.1) is 0 Å². The Hall–Kier alpha value is -2.82. The molecule has 0 aliphatic heterocycles. The summed E-state index contributed by atoms with van der Waals surface area (Å²) in [5.41, 5.74) is 3.72. The second kappa shape index (κ2) is 8.04. The summed E-state index contributed by atoms with van der Waals surface area (Å²) in [5, 5.41) is 2.97.